The van der Waals surface area contributed by atoms with Crippen molar-refractivity contribution >= 4 is 0 Å². The van der Waals surface area contributed by atoms with Crippen molar-refractivity contribution in [1.82, 2.24) is 10.1 Å². The van der Waals surface area contributed by atoms with Crippen LogP contribution < -0.4 is 0 Å². The molecule has 1 atom stereocenters. The Balaban J connectivity index is 1.70. The summed E-state index contributed by atoms with van der Waals surface area (Å²) in [5.41, 5.74) is 1.44. The van der Waals surface area contributed by atoms with Crippen LogP contribution in [-0.2, 0) is 11.2 Å². The zero-order valence-electron chi connectivity index (χ0n) is 11.1. The van der Waals surface area contributed by atoms with Crippen LogP contribution in [0.4, 0.5) is 0 Å². The smallest absolute Gasteiger partial charge is 0.257 e. The van der Waals surface area contributed by atoms with Crippen LogP contribution in [0.5, 0.6) is 0 Å². The summed E-state index contributed by atoms with van der Waals surface area (Å²) >= 11 is 0. The van der Waals surface area contributed by atoms with Crippen LogP contribution in [0.15, 0.2) is 28.8 Å². The second kappa shape index (κ2) is 5.85. The van der Waals surface area contributed by atoms with Crippen molar-refractivity contribution < 1.29 is 9.26 Å². The quantitative estimate of drug-likeness (QED) is 0.856. The molecule has 0 aliphatic carbocycles. The maximum Gasteiger partial charge on any atom is 0.257 e. The van der Waals surface area contributed by atoms with Crippen LogP contribution in [-0.4, -0.2) is 22.9 Å². The minimum Gasteiger partial charge on any atom is -0.378 e. The highest BCUT2D eigenvalue weighted by molar-refractivity contribution is 5.54. The highest BCUT2D eigenvalue weighted by Gasteiger charge is 2.18. The average Bonchev–Trinajstić information content (AvgIpc) is 2.97. The summed E-state index contributed by atoms with van der Waals surface area (Å²) in [6, 6.07) is 9.19. The van der Waals surface area contributed by atoms with Gasteiger partial charge in [0.2, 0.25) is 0 Å². The van der Waals surface area contributed by atoms with Gasteiger partial charge in [0.25, 0.3) is 5.89 Å². The fourth-order valence-corrected chi connectivity index (χ4v) is 2.31. The maximum absolute atomic E-state index is 8.77. The second-order valence-corrected chi connectivity index (χ2v) is 4.90. The Labute approximate surface area is 117 Å². The predicted octanol–water partition coefficient (Wildman–Crippen LogP) is 2.72. The molecule has 2 heterocycles. The van der Waals surface area contributed by atoms with Crippen LogP contribution in [0.25, 0.3) is 11.5 Å². The summed E-state index contributed by atoms with van der Waals surface area (Å²) in [6.45, 7) is 0.824. The fourth-order valence-electron chi connectivity index (χ4n) is 2.31. The first-order chi connectivity index (χ1) is 9.85. The molecule has 1 aromatic carbocycles. The van der Waals surface area contributed by atoms with Crippen molar-refractivity contribution in [2.45, 2.75) is 31.8 Å². The molecule has 5 heteroatoms. The van der Waals surface area contributed by atoms with Gasteiger partial charge in [-0.3, -0.25) is 0 Å². The molecular formula is C15H15N3O2. The third-order valence-corrected chi connectivity index (χ3v) is 3.41. The Morgan fingerprint density at radius 2 is 2.10 bits per heavy atom. The molecular weight excluding hydrogens is 254 g/mol. The van der Waals surface area contributed by atoms with Crippen LogP contribution in [0.1, 0.15) is 30.7 Å². The number of benzene rings is 1. The number of ether oxygens (including phenoxy) is 1. The summed E-state index contributed by atoms with van der Waals surface area (Å²) < 4.78 is 10.9. The molecule has 1 aliphatic rings. The Kier molecular flexibility index (Phi) is 3.75. The number of nitrogens with zero attached hydrogens (tertiary/aromatic N) is 3. The molecule has 0 bridgehead atoms. The van der Waals surface area contributed by atoms with Gasteiger partial charge in [-0.25, -0.2) is 0 Å². The van der Waals surface area contributed by atoms with Gasteiger partial charge in [0.15, 0.2) is 5.82 Å². The Hall–Kier alpha value is -2.19. The lowest BCUT2D eigenvalue weighted by atomic mass is 10.1. The second-order valence-electron chi connectivity index (χ2n) is 4.90. The van der Waals surface area contributed by atoms with E-state index in [1.165, 1.54) is 6.42 Å². The Morgan fingerprint density at radius 3 is 2.80 bits per heavy atom. The molecule has 1 saturated heterocycles. The van der Waals surface area contributed by atoms with Gasteiger partial charge in [0, 0.05) is 18.6 Å². The van der Waals surface area contributed by atoms with Crippen LogP contribution in [0.3, 0.4) is 0 Å². The monoisotopic (exact) mass is 269 g/mol. The van der Waals surface area contributed by atoms with Gasteiger partial charge < -0.3 is 9.26 Å². The van der Waals surface area contributed by atoms with E-state index in [0.29, 0.717) is 23.7 Å². The van der Waals surface area contributed by atoms with Gasteiger partial charge in [-0.1, -0.05) is 5.16 Å². The maximum atomic E-state index is 8.77. The van der Waals surface area contributed by atoms with E-state index in [1.807, 2.05) is 12.1 Å². The van der Waals surface area contributed by atoms with Crippen molar-refractivity contribution in [2.24, 2.45) is 0 Å². The third-order valence-electron chi connectivity index (χ3n) is 3.41. The van der Waals surface area contributed by atoms with Gasteiger partial charge in [0.1, 0.15) is 0 Å². The van der Waals surface area contributed by atoms with Gasteiger partial charge in [-0.2, -0.15) is 10.2 Å². The Bertz CT molecular complexity index is 607. The molecule has 1 fully saturated rings. The summed E-state index contributed by atoms with van der Waals surface area (Å²) in [6.07, 6.45) is 4.29. The standard InChI is InChI=1S/C15H15N3O2/c16-10-11-4-6-12(7-5-11)15-17-14(18-20-15)9-13-3-1-2-8-19-13/h4-7,13H,1-3,8-9H2. The van der Waals surface area contributed by atoms with E-state index >= 15 is 0 Å². The molecule has 0 radical (unpaired) electrons. The van der Waals surface area contributed by atoms with Gasteiger partial charge in [-0.05, 0) is 43.5 Å². The zero-order chi connectivity index (χ0) is 13.8. The summed E-state index contributed by atoms with van der Waals surface area (Å²) in [5, 5.41) is 12.8. The van der Waals surface area contributed by atoms with E-state index in [9.17, 15) is 0 Å². The molecule has 0 saturated carbocycles. The van der Waals surface area contributed by atoms with E-state index in [0.717, 1.165) is 25.0 Å². The van der Waals surface area contributed by atoms with Crippen molar-refractivity contribution in [3.8, 4) is 17.5 Å². The SMILES string of the molecule is N#Cc1ccc(-c2nc(CC3CCCCO3)no2)cc1. The number of hydrogen-bond acceptors (Lipinski definition) is 5. The fraction of sp³-hybridized carbons (Fsp3) is 0.400. The largest absolute Gasteiger partial charge is 0.378 e. The number of aromatic nitrogens is 2. The summed E-state index contributed by atoms with van der Waals surface area (Å²) in [5.74, 6) is 1.16. The predicted molar refractivity (Wildman–Crippen MR) is 71.7 cm³/mol. The molecule has 1 aliphatic heterocycles. The van der Waals surface area contributed by atoms with Gasteiger partial charge in [0.05, 0.1) is 17.7 Å². The lowest BCUT2D eigenvalue weighted by molar-refractivity contribution is 0.0153. The minimum absolute atomic E-state index is 0.204. The molecule has 0 spiro atoms. The summed E-state index contributed by atoms with van der Waals surface area (Å²) in [4.78, 5) is 4.39. The van der Waals surface area contributed by atoms with Crippen LogP contribution >= 0.6 is 0 Å². The topological polar surface area (TPSA) is 71.9 Å². The minimum atomic E-state index is 0.204. The van der Waals surface area contributed by atoms with Crippen molar-refractivity contribution in [3.63, 3.8) is 0 Å². The first-order valence-corrected chi connectivity index (χ1v) is 6.80. The van der Waals surface area contributed by atoms with Crippen LogP contribution in [0.2, 0.25) is 0 Å². The lowest BCUT2D eigenvalue weighted by Crippen LogP contribution is -2.21. The van der Waals surface area contributed by atoms with Crippen molar-refractivity contribution in [2.75, 3.05) is 6.61 Å². The first kappa shape index (κ1) is 12.8. The van der Waals surface area contributed by atoms with Gasteiger partial charge in [-0.15, -0.1) is 0 Å². The first-order valence-electron chi connectivity index (χ1n) is 6.80. The van der Waals surface area contributed by atoms with E-state index in [4.69, 9.17) is 14.5 Å². The molecule has 1 unspecified atom stereocenters. The van der Waals surface area contributed by atoms with E-state index in [-0.39, 0.29) is 6.10 Å². The van der Waals surface area contributed by atoms with Crippen molar-refractivity contribution in [3.05, 3.63) is 35.7 Å². The van der Waals surface area contributed by atoms with Crippen molar-refractivity contribution in [1.29, 1.82) is 5.26 Å². The Morgan fingerprint density at radius 1 is 1.25 bits per heavy atom. The summed E-state index contributed by atoms with van der Waals surface area (Å²) in [7, 11) is 0. The number of hydrogen-bond donors (Lipinski definition) is 0. The van der Waals surface area contributed by atoms with Crippen LogP contribution in [0, 0.1) is 11.3 Å². The molecule has 0 amide bonds. The van der Waals surface area contributed by atoms with E-state index in [1.54, 1.807) is 12.1 Å². The normalized spacial score (nSPS) is 18.6. The molecule has 2 aromatic rings. The highest BCUT2D eigenvalue weighted by Crippen LogP contribution is 2.20. The number of nitriles is 1. The molecule has 3 rings (SSSR count). The van der Waals surface area contributed by atoms with E-state index < -0.39 is 0 Å². The lowest BCUT2D eigenvalue weighted by Gasteiger charge is -2.20. The number of rotatable bonds is 3. The average molecular weight is 269 g/mol. The molecule has 20 heavy (non-hydrogen) atoms. The molecule has 5 nitrogen and oxygen atoms in total. The third kappa shape index (κ3) is 2.86. The zero-order valence-corrected chi connectivity index (χ0v) is 11.1. The molecule has 1 aromatic heterocycles. The highest BCUT2D eigenvalue weighted by atomic mass is 16.5. The molecule has 102 valence electrons. The molecule has 0 N–H and O–H groups in total. The van der Waals surface area contributed by atoms with Gasteiger partial charge >= 0.3 is 0 Å². The van der Waals surface area contributed by atoms with E-state index in [2.05, 4.69) is 16.2 Å².